The van der Waals surface area contributed by atoms with Crippen LogP contribution in [-0.4, -0.2) is 19.5 Å². The second-order valence-electron chi connectivity index (χ2n) is 11.7. The van der Waals surface area contributed by atoms with E-state index in [1.807, 2.05) is 42.6 Å². The Labute approximate surface area is 272 Å². The summed E-state index contributed by atoms with van der Waals surface area (Å²) in [6.45, 7) is 0.744. The fourth-order valence-electron chi connectivity index (χ4n) is 6.68. The Kier molecular flexibility index (Phi) is 6.46. The summed E-state index contributed by atoms with van der Waals surface area (Å²) in [4.78, 5) is 15.2. The Hall–Kier alpha value is -6.33. The lowest BCUT2D eigenvalue weighted by molar-refractivity contribution is 0.795. The third kappa shape index (κ3) is 4.77. The van der Waals surface area contributed by atoms with E-state index >= 15 is 0 Å². The summed E-state index contributed by atoms with van der Waals surface area (Å²) in [7, 11) is 0. The third-order valence-corrected chi connectivity index (χ3v) is 8.92. The first-order valence-corrected chi connectivity index (χ1v) is 15.8. The molecule has 4 aromatic heterocycles. The number of rotatable bonds is 5. The van der Waals surface area contributed by atoms with Crippen molar-refractivity contribution in [3.8, 4) is 51.0 Å². The standard InChI is InChI=1S/C42H29N5/c1-2-11-31-28(9-1)10-5-13-32(31)29-21-23-30(24-22-29)35-14-6-15-36(44-35)37-16-7-17-38(45-37)39-18-8-20-42(46-39)47-40-19-4-3-12-33(40)34-25-26-43-27-41(34)47/h1-26,43H,27H2. The minimum absolute atomic E-state index is 0.744. The van der Waals surface area contributed by atoms with E-state index in [2.05, 4.69) is 125 Å². The van der Waals surface area contributed by atoms with E-state index in [0.717, 1.165) is 51.9 Å². The average Bonchev–Trinajstić information content (AvgIpc) is 3.49. The first-order chi connectivity index (χ1) is 23.3. The molecule has 0 amide bonds. The molecule has 0 atom stereocenters. The van der Waals surface area contributed by atoms with Crippen molar-refractivity contribution in [2.75, 3.05) is 0 Å². The van der Waals surface area contributed by atoms with Crippen molar-refractivity contribution >= 4 is 27.8 Å². The van der Waals surface area contributed by atoms with E-state index in [0.29, 0.717) is 0 Å². The highest BCUT2D eigenvalue weighted by Gasteiger charge is 2.19. The maximum absolute atomic E-state index is 5.12. The molecule has 1 aliphatic rings. The number of hydrogen-bond donors (Lipinski definition) is 1. The fourth-order valence-corrected chi connectivity index (χ4v) is 6.68. The number of nitrogens with one attached hydrogen (secondary N) is 1. The molecular formula is C42H29N5. The zero-order valence-electron chi connectivity index (χ0n) is 25.5. The van der Waals surface area contributed by atoms with Gasteiger partial charge in [0, 0.05) is 16.5 Å². The van der Waals surface area contributed by atoms with Crippen LogP contribution in [0.4, 0.5) is 0 Å². The lowest BCUT2D eigenvalue weighted by Crippen LogP contribution is -2.14. The summed E-state index contributed by atoms with van der Waals surface area (Å²) in [5.74, 6) is 0.872. The molecule has 5 heteroatoms. The largest absolute Gasteiger partial charge is 0.385 e. The van der Waals surface area contributed by atoms with Crippen molar-refractivity contribution in [1.82, 2.24) is 24.8 Å². The molecule has 8 aromatic rings. The molecule has 0 aliphatic carbocycles. The van der Waals surface area contributed by atoms with Gasteiger partial charge in [0.15, 0.2) is 0 Å². The highest BCUT2D eigenvalue weighted by molar-refractivity contribution is 5.97. The Morgan fingerprint density at radius 3 is 1.89 bits per heavy atom. The van der Waals surface area contributed by atoms with Gasteiger partial charge in [0.25, 0.3) is 0 Å². The Morgan fingerprint density at radius 2 is 1.09 bits per heavy atom. The molecule has 222 valence electrons. The molecule has 0 saturated heterocycles. The van der Waals surface area contributed by atoms with Crippen LogP contribution in [0.15, 0.2) is 152 Å². The molecule has 5 heterocycles. The van der Waals surface area contributed by atoms with Gasteiger partial charge in [0.1, 0.15) is 5.82 Å². The molecule has 0 spiro atoms. The van der Waals surface area contributed by atoms with Crippen LogP contribution >= 0.6 is 0 Å². The minimum atomic E-state index is 0.744. The molecule has 5 nitrogen and oxygen atoms in total. The number of nitrogens with zero attached hydrogens (tertiary/aromatic N) is 4. The molecule has 0 fully saturated rings. The van der Waals surface area contributed by atoms with Crippen LogP contribution in [0.5, 0.6) is 0 Å². The van der Waals surface area contributed by atoms with E-state index in [1.54, 1.807) is 0 Å². The Balaban J connectivity index is 1.04. The van der Waals surface area contributed by atoms with Gasteiger partial charge in [-0.25, -0.2) is 15.0 Å². The van der Waals surface area contributed by atoms with Crippen LogP contribution in [-0.2, 0) is 6.54 Å². The van der Waals surface area contributed by atoms with E-state index in [1.165, 1.54) is 38.5 Å². The summed E-state index contributed by atoms with van der Waals surface area (Å²) in [5, 5.41) is 7.09. The quantitative estimate of drug-likeness (QED) is 0.213. The molecule has 0 radical (unpaired) electrons. The molecule has 0 bridgehead atoms. The summed E-state index contributed by atoms with van der Waals surface area (Å²) in [5.41, 5.74) is 11.2. The molecule has 4 aromatic carbocycles. The molecule has 1 N–H and O–H groups in total. The number of pyridine rings is 3. The van der Waals surface area contributed by atoms with Crippen LogP contribution in [0.25, 0.3) is 78.7 Å². The maximum atomic E-state index is 5.12. The number of hydrogen-bond acceptors (Lipinski definition) is 4. The zero-order chi connectivity index (χ0) is 31.2. The van der Waals surface area contributed by atoms with Crippen molar-refractivity contribution in [3.63, 3.8) is 0 Å². The lowest BCUT2D eigenvalue weighted by Gasteiger charge is -2.14. The summed E-state index contributed by atoms with van der Waals surface area (Å²) in [6, 6.07) is 50.5. The van der Waals surface area contributed by atoms with Crippen molar-refractivity contribution in [1.29, 1.82) is 0 Å². The van der Waals surface area contributed by atoms with Crippen molar-refractivity contribution in [3.05, 3.63) is 163 Å². The summed E-state index contributed by atoms with van der Waals surface area (Å²) in [6.07, 6.45) is 4.16. The monoisotopic (exact) mass is 603 g/mol. The summed E-state index contributed by atoms with van der Waals surface area (Å²) >= 11 is 0. The van der Waals surface area contributed by atoms with Gasteiger partial charge in [0.05, 0.1) is 46.2 Å². The van der Waals surface area contributed by atoms with E-state index in [9.17, 15) is 0 Å². The SMILES string of the molecule is C1=Cc2c(n(-c3cccc(-c4cccc(-c5cccc(-c6ccc(-c7cccc8ccccc78)cc6)n5)n4)n3)c3ccccc23)CN1. The Bertz CT molecular complexity index is 2470. The topological polar surface area (TPSA) is 55.6 Å². The molecule has 1 aliphatic heterocycles. The average molecular weight is 604 g/mol. The van der Waals surface area contributed by atoms with E-state index in [4.69, 9.17) is 15.0 Å². The van der Waals surface area contributed by atoms with Crippen LogP contribution in [0, 0.1) is 0 Å². The second kappa shape index (κ2) is 11.2. The van der Waals surface area contributed by atoms with Crippen LogP contribution in [0.1, 0.15) is 11.3 Å². The maximum Gasteiger partial charge on any atom is 0.138 e. The van der Waals surface area contributed by atoms with Gasteiger partial charge in [-0.3, -0.25) is 4.57 Å². The molecule has 0 saturated carbocycles. The molecule has 0 unspecified atom stereocenters. The first kappa shape index (κ1) is 27.0. The van der Waals surface area contributed by atoms with Crippen LogP contribution in [0.2, 0.25) is 0 Å². The summed E-state index contributed by atoms with van der Waals surface area (Å²) < 4.78 is 2.26. The third-order valence-electron chi connectivity index (χ3n) is 8.92. The van der Waals surface area contributed by atoms with Crippen LogP contribution in [0.3, 0.4) is 0 Å². The second-order valence-corrected chi connectivity index (χ2v) is 11.7. The minimum Gasteiger partial charge on any atom is -0.385 e. The normalized spacial score (nSPS) is 12.3. The smallest absolute Gasteiger partial charge is 0.138 e. The molecule has 47 heavy (non-hydrogen) atoms. The first-order valence-electron chi connectivity index (χ1n) is 15.8. The fraction of sp³-hybridized carbons (Fsp3) is 0.0238. The predicted molar refractivity (Wildman–Crippen MR) is 192 cm³/mol. The van der Waals surface area contributed by atoms with Gasteiger partial charge in [0.2, 0.25) is 0 Å². The predicted octanol–water partition coefficient (Wildman–Crippen LogP) is 9.71. The van der Waals surface area contributed by atoms with Gasteiger partial charge in [-0.15, -0.1) is 0 Å². The van der Waals surface area contributed by atoms with Gasteiger partial charge in [-0.2, -0.15) is 0 Å². The van der Waals surface area contributed by atoms with Crippen LogP contribution < -0.4 is 5.32 Å². The van der Waals surface area contributed by atoms with E-state index < -0.39 is 0 Å². The Morgan fingerprint density at radius 1 is 0.489 bits per heavy atom. The number of aromatic nitrogens is 4. The lowest BCUT2D eigenvalue weighted by atomic mass is 9.97. The van der Waals surface area contributed by atoms with Gasteiger partial charge < -0.3 is 5.32 Å². The molecular weight excluding hydrogens is 574 g/mol. The number of fused-ring (bicyclic) bond motifs is 4. The number of para-hydroxylation sites is 1. The zero-order valence-corrected chi connectivity index (χ0v) is 25.5. The highest BCUT2D eigenvalue weighted by atomic mass is 15.1. The van der Waals surface area contributed by atoms with Crippen molar-refractivity contribution < 1.29 is 0 Å². The van der Waals surface area contributed by atoms with Crippen molar-refractivity contribution in [2.24, 2.45) is 0 Å². The van der Waals surface area contributed by atoms with Gasteiger partial charge >= 0.3 is 0 Å². The van der Waals surface area contributed by atoms with Crippen molar-refractivity contribution in [2.45, 2.75) is 6.54 Å². The van der Waals surface area contributed by atoms with Gasteiger partial charge in [-0.1, -0.05) is 103 Å². The number of benzene rings is 4. The van der Waals surface area contributed by atoms with Gasteiger partial charge in [-0.05, 0) is 76.6 Å². The highest BCUT2D eigenvalue weighted by Crippen LogP contribution is 2.33. The molecule has 9 rings (SSSR count). The van der Waals surface area contributed by atoms with E-state index in [-0.39, 0.29) is 0 Å².